The predicted molar refractivity (Wildman–Crippen MR) is 322 cm³/mol. The number of hydrogen-bond donors (Lipinski definition) is 0. The molecule has 3 nitrogen and oxygen atoms in total. The summed E-state index contributed by atoms with van der Waals surface area (Å²) in [4.78, 5) is 4.94. The van der Waals surface area contributed by atoms with Crippen LogP contribution >= 0.6 is 0 Å². The Bertz CT molecular complexity index is 3970. The van der Waals surface area contributed by atoms with Gasteiger partial charge in [0.15, 0.2) is 0 Å². The van der Waals surface area contributed by atoms with E-state index in [4.69, 9.17) is 6.58 Å². The van der Waals surface area contributed by atoms with E-state index in [1.807, 2.05) is 13.8 Å². The lowest BCUT2D eigenvalue weighted by Gasteiger charge is -2.37. The van der Waals surface area contributed by atoms with E-state index < -0.39 is 0 Å². The summed E-state index contributed by atoms with van der Waals surface area (Å²) in [5, 5.41) is 4.98. The molecule has 3 aliphatic rings. The third-order valence-electron chi connectivity index (χ3n) is 16.6. The van der Waals surface area contributed by atoms with Crippen molar-refractivity contribution >= 4 is 66.5 Å². The maximum Gasteiger partial charge on any atom is 0.0563 e. The molecule has 0 amide bonds. The SMILES string of the molecule is C=C(/C=C(\C)c1ccccc1C)N(c1ccccc1)C1C=CC2=C(C1)C(C)(C)c1cc3c(cc12)C(C)(C)c1cc(N(c2ccccc2)c2ccc4c(c2)c2ccccc2n4-c2ccccc2)c2ccccc2c1-3.CC. The molecule has 10 aromatic rings. The quantitative estimate of drug-likeness (QED) is 0.134. The Morgan fingerprint density at radius 1 is 0.560 bits per heavy atom. The van der Waals surface area contributed by atoms with Crippen LogP contribution in [-0.4, -0.2) is 10.6 Å². The molecule has 0 bridgehead atoms. The average Bonchev–Trinajstić information content (AvgIpc) is 3.98. The van der Waals surface area contributed by atoms with Crippen molar-refractivity contribution in [3.63, 3.8) is 0 Å². The lowest BCUT2D eigenvalue weighted by atomic mass is 9.76. The number of aromatic nitrogens is 1. The summed E-state index contributed by atoms with van der Waals surface area (Å²) >= 11 is 0. The lowest BCUT2D eigenvalue weighted by molar-refractivity contribution is 0.581. The molecule has 0 radical (unpaired) electrons. The molecule has 1 aromatic heterocycles. The molecule has 13 rings (SSSR count). The van der Waals surface area contributed by atoms with Crippen molar-refractivity contribution in [2.75, 3.05) is 9.80 Å². The molecule has 1 atom stereocenters. The standard InChI is InChI=1S/C70H59N3.C2H6/c1-45-23-17-18-30-53(45)46(2)39-47(3)71(48-24-11-8-12-25-48)52-35-37-54-58-42-63-60(43-62(58)69(4,5)61(54)41-52)68-57-33-20-19-31-55(57)67(44-64(68)70(63,6)7)72(49-26-13-9-14-27-49)51-36-38-66-59(40-51)56-32-21-22-34-65(56)73(66)50-28-15-10-16-29-50;1-2/h8-40,42-44,52H,3,41H2,1-2,4-7H3;1-2H3/b46-39+;. The van der Waals surface area contributed by atoms with Gasteiger partial charge < -0.3 is 14.4 Å². The molecule has 3 aliphatic carbocycles. The highest BCUT2D eigenvalue weighted by molar-refractivity contribution is 6.13. The molecule has 1 unspecified atom stereocenters. The van der Waals surface area contributed by atoms with Crippen LogP contribution in [0.5, 0.6) is 0 Å². The zero-order valence-corrected chi connectivity index (χ0v) is 44.6. The minimum absolute atomic E-state index is 0.102. The highest BCUT2D eigenvalue weighted by atomic mass is 15.2. The Morgan fingerprint density at radius 3 is 1.87 bits per heavy atom. The van der Waals surface area contributed by atoms with Gasteiger partial charge >= 0.3 is 0 Å². The molecule has 75 heavy (non-hydrogen) atoms. The first-order valence-corrected chi connectivity index (χ1v) is 26.9. The van der Waals surface area contributed by atoms with Gasteiger partial charge in [0.1, 0.15) is 0 Å². The number of fused-ring (bicyclic) bond motifs is 10. The van der Waals surface area contributed by atoms with E-state index in [1.165, 1.54) is 99.5 Å². The number of nitrogens with zero attached hydrogens (tertiary/aromatic N) is 3. The van der Waals surface area contributed by atoms with Gasteiger partial charge in [-0.2, -0.15) is 0 Å². The topological polar surface area (TPSA) is 11.4 Å². The second kappa shape index (κ2) is 18.5. The second-order valence-electron chi connectivity index (χ2n) is 21.5. The molecular weight excluding hydrogens is 907 g/mol. The van der Waals surface area contributed by atoms with Crippen LogP contribution < -0.4 is 9.80 Å². The Hall–Kier alpha value is -8.40. The zero-order valence-electron chi connectivity index (χ0n) is 44.6. The van der Waals surface area contributed by atoms with Crippen molar-refractivity contribution < 1.29 is 0 Å². The maximum atomic E-state index is 4.75. The Morgan fingerprint density at radius 2 is 1.15 bits per heavy atom. The first-order chi connectivity index (χ1) is 36.5. The summed E-state index contributed by atoms with van der Waals surface area (Å²) in [6, 6.07) is 73.9. The number of para-hydroxylation sites is 4. The van der Waals surface area contributed by atoms with Gasteiger partial charge in [-0.1, -0.05) is 182 Å². The van der Waals surface area contributed by atoms with Gasteiger partial charge in [-0.25, -0.2) is 0 Å². The van der Waals surface area contributed by atoms with Crippen LogP contribution in [0.1, 0.15) is 88.3 Å². The first kappa shape index (κ1) is 47.6. The van der Waals surface area contributed by atoms with E-state index in [9.17, 15) is 0 Å². The number of hydrogen-bond acceptors (Lipinski definition) is 2. The van der Waals surface area contributed by atoms with Crippen molar-refractivity contribution in [1.29, 1.82) is 0 Å². The number of aryl methyl sites for hydroxylation is 1. The minimum atomic E-state index is -0.272. The van der Waals surface area contributed by atoms with Gasteiger partial charge in [-0.05, 0) is 172 Å². The summed E-state index contributed by atoms with van der Waals surface area (Å²) in [5.74, 6) is 0. The van der Waals surface area contributed by atoms with Crippen LogP contribution in [0.3, 0.4) is 0 Å². The summed E-state index contributed by atoms with van der Waals surface area (Å²) in [7, 11) is 0. The number of rotatable bonds is 9. The van der Waals surface area contributed by atoms with Crippen LogP contribution in [0.4, 0.5) is 22.7 Å². The summed E-state index contributed by atoms with van der Waals surface area (Å²) in [6.45, 7) is 22.9. The van der Waals surface area contributed by atoms with E-state index >= 15 is 0 Å². The smallest absolute Gasteiger partial charge is 0.0563 e. The van der Waals surface area contributed by atoms with Crippen LogP contribution in [0.2, 0.25) is 0 Å². The van der Waals surface area contributed by atoms with Gasteiger partial charge in [0, 0.05) is 55.4 Å². The summed E-state index contributed by atoms with van der Waals surface area (Å²) < 4.78 is 2.40. The fraction of sp³-hybridized carbons (Fsp3) is 0.167. The van der Waals surface area contributed by atoms with Crippen molar-refractivity contribution in [1.82, 2.24) is 4.57 Å². The van der Waals surface area contributed by atoms with Gasteiger partial charge in [-0.3, -0.25) is 0 Å². The highest BCUT2D eigenvalue weighted by Crippen LogP contribution is 2.59. The van der Waals surface area contributed by atoms with Crippen LogP contribution in [0.15, 0.2) is 236 Å². The third kappa shape index (κ3) is 7.62. The Kier molecular flexibility index (Phi) is 11.7. The first-order valence-electron chi connectivity index (χ1n) is 26.9. The molecule has 9 aromatic carbocycles. The van der Waals surface area contributed by atoms with E-state index in [0.29, 0.717) is 0 Å². The van der Waals surface area contributed by atoms with E-state index in [1.54, 1.807) is 0 Å². The van der Waals surface area contributed by atoms with E-state index in [-0.39, 0.29) is 16.9 Å². The molecule has 0 saturated carbocycles. The summed E-state index contributed by atoms with van der Waals surface area (Å²) in [5.41, 5.74) is 23.5. The van der Waals surface area contributed by atoms with E-state index in [0.717, 1.165) is 34.9 Å². The number of allylic oxidation sites excluding steroid dienone is 4. The van der Waals surface area contributed by atoms with Crippen molar-refractivity contribution in [3.8, 4) is 16.8 Å². The monoisotopic (exact) mass is 972 g/mol. The molecule has 0 spiro atoms. The molecule has 0 saturated heterocycles. The molecule has 0 N–H and O–H groups in total. The van der Waals surface area contributed by atoms with Gasteiger partial charge in [0.2, 0.25) is 0 Å². The van der Waals surface area contributed by atoms with Crippen molar-refractivity contribution in [2.24, 2.45) is 0 Å². The molecule has 0 fully saturated rings. The second-order valence-corrected chi connectivity index (χ2v) is 21.5. The molecule has 3 heteroatoms. The van der Waals surface area contributed by atoms with Crippen LogP contribution in [0, 0.1) is 6.92 Å². The van der Waals surface area contributed by atoms with Gasteiger partial charge in [-0.15, -0.1) is 0 Å². The van der Waals surface area contributed by atoms with Crippen molar-refractivity contribution in [2.45, 2.75) is 78.7 Å². The van der Waals surface area contributed by atoms with E-state index in [2.05, 4.69) is 274 Å². The molecule has 1 heterocycles. The maximum absolute atomic E-state index is 4.75. The lowest BCUT2D eigenvalue weighted by Crippen LogP contribution is -2.35. The van der Waals surface area contributed by atoms with Crippen LogP contribution in [0.25, 0.3) is 60.5 Å². The van der Waals surface area contributed by atoms with Crippen molar-refractivity contribution in [3.05, 3.63) is 270 Å². The highest BCUT2D eigenvalue weighted by Gasteiger charge is 2.45. The molecular formula is C72H65N3. The average molecular weight is 972 g/mol. The third-order valence-corrected chi connectivity index (χ3v) is 16.6. The minimum Gasteiger partial charge on any atom is -0.335 e. The number of benzene rings is 9. The van der Waals surface area contributed by atoms with Gasteiger partial charge in [0.25, 0.3) is 0 Å². The Balaban J connectivity index is 0.00000281. The summed E-state index contributed by atoms with van der Waals surface area (Å²) in [6.07, 6.45) is 8.04. The Labute approximate surface area is 443 Å². The number of anilines is 4. The fourth-order valence-corrected chi connectivity index (χ4v) is 12.9. The fourth-order valence-electron chi connectivity index (χ4n) is 12.9. The molecule has 368 valence electrons. The largest absolute Gasteiger partial charge is 0.335 e. The normalized spacial score (nSPS) is 15.8. The predicted octanol–water partition coefficient (Wildman–Crippen LogP) is 19.5. The zero-order chi connectivity index (χ0) is 51.8. The van der Waals surface area contributed by atoms with Crippen LogP contribution in [-0.2, 0) is 10.8 Å². The molecule has 0 aliphatic heterocycles. The van der Waals surface area contributed by atoms with Gasteiger partial charge in [0.05, 0.1) is 22.8 Å².